The average Bonchev–Trinajstić information content (AvgIpc) is 2.78. The highest BCUT2D eigenvalue weighted by Crippen LogP contribution is 2.43. The van der Waals surface area contributed by atoms with E-state index in [-0.39, 0.29) is 5.54 Å². The van der Waals surface area contributed by atoms with Crippen molar-refractivity contribution in [1.82, 2.24) is 0 Å². The summed E-state index contributed by atoms with van der Waals surface area (Å²) in [6, 6.07) is 22.5. The summed E-state index contributed by atoms with van der Waals surface area (Å²) in [5.74, 6) is 0. The lowest BCUT2D eigenvalue weighted by molar-refractivity contribution is -0.741. The molecule has 1 heteroatoms. The van der Waals surface area contributed by atoms with Gasteiger partial charge >= 0.3 is 0 Å². The second-order valence-corrected chi connectivity index (χ2v) is 8.24. The highest BCUT2D eigenvalue weighted by molar-refractivity contribution is 5.84. The zero-order chi connectivity index (χ0) is 20.4. The number of pyridine rings is 1. The van der Waals surface area contributed by atoms with Crippen molar-refractivity contribution >= 4 is 5.57 Å². The molecule has 0 saturated carbocycles. The van der Waals surface area contributed by atoms with Crippen LogP contribution in [0.2, 0.25) is 0 Å². The van der Waals surface area contributed by atoms with Crippen molar-refractivity contribution in [2.24, 2.45) is 0 Å². The molecule has 0 fully saturated rings. The molecule has 0 radical (unpaired) electrons. The first-order valence-electron chi connectivity index (χ1n) is 11.1. The van der Waals surface area contributed by atoms with E-state index < -0.39 is 0 Å². The highest BCUT2D eigenvalue weighted by atomic mass is 15.1. The molecule has 2 aromatic carbocycles. The molecule has 0 unspecified atom stereocenters. The van der Waals surface area contributed by atoms with E-state index in [1.807, 2.05) is 0 Å². The summed E-state index contributed by atoms with van der Waals surface area (Å²) in [5, 5.41) is 0. The van der Waals surface area contributed by atoms with Gasteiger partial charge in [0.1, 0.15) is 0 Å². The van der Waals surface area contributed by atoms with Crippen LogP contribution >= 0.6 is 0 Å². The minimum Gasteiger partial charge on any atom is -0.189 e. The molecule has 0 N–H and O–H groups in total. The van der Waals surface area contributed by atoms with Crippen molar-refractivity contribution < 1.29 is 4.57 Å². The molecule has 1 nitrogen and oxygen atoms in total. The Labute approximate surface area is 175 Å². The largest absolute Gasteiger partial charge is 0.214 e. The predicted octanol–water partition coefficient (Wildman–Crippen LogP) is 7.19. The number of hydrogen-bond donors (Lipinski definition) is 0. The van der Waals surface area contributed by atoms with E-state index in [0.29, 0.717) is 0 Å². The van der Waals surface area contributed by atoms with Gasteiger partial charge in [-0.15, -0.1) is 0 Å². The standard InChI is InChI=1S/C28H32N/c1-5-8-12-22-13-11-14-23(19-22)24-17-18-29-27(20-24)26-16-10-9-15-25(26)21(4)28(29,6-2)7-3/h9-11,13-20H,4-8,12H2,1-3H3/q+1. The fourth-order valence-corrected chi connectivity index (χ4v) is 4.93. The van der Waals surface area contributed by atoms with E-state index in [9.17, 15) is 0 Å². The third kappa shape index (κ3) is 3.23. The summed E-state index contributed by atoms with van der Waals surface area (Å²) in [5.41, 5.74) is 9.10. The van der Waals surface area contributed by atoms with Crippen LogP contribution in [0.1, 0.15) is 57.6 Å². The zero-order valence-electron chi connectivity index (χ0n) is 18.0. The van der Waals surface area contributed by atoms with Crippen LogP contribution in [0.5, 0.6) is 0 Å². The van der Waals surface area contributed by atoms with E-state index >= 15 is 0 Å². The molecular formula is C28H32N+. The second-order valence-electron chi connectivity index (χ2n) is 8.24. The summed E-state index contributed by atoms with van der Waals surface area (Å²) in [4.78, 5) is 0. The first-order valence-corrected chi connectivity index (χ1v) is 11.1. The van der Waals surface area contributed by atoms with Gasteiger partial charge in [0.25, 0.3) is 0 Å². The monoisotopic (exact) mass is 382 g/mol. The maximum atomic E-state index is 4.55. The Hall–Kier alpha value is -2.67. The molecule has 148 valence electrons. The zero-order valence-corrected chi connectivity index (χ0v) is 18.0. The van der Waals surface area contributed by atoms with Crippen LogP contribution in [0.3, 0.4) is 0 Å². The van der Waals surface area contributed by atoms with E-state index in [4.69, 9.17) is 0 Å². The third-order valence-corrected chi connectivity index (χ3v) is 6.76. The molecule has 1 aliphatic rings. The summed E-state index contributed by atoms with van der Waals surface area (Å²) in [7, 11) is 0. The van der Waals surface area contributed by atoms with Gasteiger partial charge in [-0.05, 0) is 41.2 Å². The van der Waals surface area contributed by atoms with Crippen molar-refractivity contribution in [2.45, 2.75) is 58.4 Å². The molecule has 0 aliphatic carbocycles. The fourth-order valence-electron chi connectivity index (χ4n) is 4.93. The summed E-state index contributed by atoms with van der Waals surface area (Å²) in [6.07, 6.45) is 8.00. The van der Waals surface area contributed by atoms with Crippen molar-refractivity contribution in [1.29, 1.82) is 0 Å². The number of unbranched alkanes of at least 4 members (excludes halogenated alkanes) is 1. The molecule has 0 spiro atoms. The van der Waals surface area contributed by atoms with Crippen LogP contribution in [0.4, 0.5) is 0 Å². The lowest BCUT2D eigenvalue weighted by Crippen LogP contribution is -2.59. The van der Waals surface area contributed by atoms with Gasteiger partial charge in [-0.1, -0.05) is 76.2 Å². The second kappa shape index (κ2) is 7.99. The Morgan fingerprint density at radius 3 is 2.28 bits per heavy atom. The first kappa shape index (κ1) is 19.6. The SMILES string of the molecule is C=C1c2ccccc2-c2cc(-c3cccc(CCCC)c3)cc[n+]2C1(CC)CC. The molecule has 0 atom stereocenters. The van der Waals surface area contributed by atoms with Gasteiger partial charge in [0.05, 0.1) is 5.56 Å². The number of allylic oxidation sites excluding steroid dienone is 1. The quantitative estimate of drug-likeness (QED) is 0.397. The molecule has 29 heavy (non-hydrogen) atoms. The Kier molecular flexibility index (Phi) is 5.41. The number of hydrogen-bond acceptors (Lipinski definition) is 0. The van der Waals surface area contributed by atoms with Gasteiger partial charge in [0.15, 0.2) is 11.7 Å². The van der Waals surface area contributed by atoms with Crippen LogP contribution in [-0.4, -0.2) is 0 Å². The van der Waals surface area contributed by atoms with Crippen LogP contribution < -0.4 is 4.57 Å². The molecule has 4 rings (SSSR count). The minimum atomic E-state index is -0.0504. The lowest BCUT2D eigenvalue weighted by Gasteiger charge is -2.35. The van der Waals surface area contributed by atoms with Crippen molar-refractivity contribution in [3.8, 4) is 22.4 Å². The summed E-state index contributed by atoms with van der Waals surface area (Å²) in [6.45, 7) is 11.4. The number of nitrogens with zero attached hydrogens (tertiary/aromatic N) is 1. The van der Waals surface area contributed by atoms with Gasteiger partial charge in [-0.2, -0.15) is 4.57 Å². The molecule has 0 bridgehead atoms. The normalized spacial score (nSPS) is 14.4. The van der Waals surface area contributed by atoms with Gasteiger partial charge < -0.3 is 0 Å². The number of benzene rings is 2. The van der Waals surface area contributed by atoms with Crippen molar-refractivity contribution in [2.75, 3.05) is 0 Å². The van der Waals surface area contributed by atoms with Crippen molar-refractivity contribution in [3.05, 3.63) is 84.6 Å². The van der Waals surface area contributed by atoms with Crippen molar-refractivity contribution in [3.63, 3.8) is 0 Å². The molecule has 0 amide bonds. The smallest absolute Gasteiger partial charge is 0.189 e. The Morgan fingerprint density at radius 1 is 0.828 bits per heavy atom. The maximum Gasteiger partial charge on any atom is 0.214 e. The topological polar surface area (TPSA) is 3.88 Å². The van der Waals surface area contributed by atoms with E-state index in [0.717, 1.165) is 19.3 Å². The number of aromatic nitrogens is 1. The number of aryl methyl sites for hydroxylation is 1. The van der Waals surface area contributed by atoms with Crippen LogP contribution in [0.15, 0.2) is 73.4 Å². The van der Waals surface area contributed by atoms with Gasteiger partial charge in [-0.3, -0.25) is 0 Å². The third-order valence-electron chi connectivity index (χ3n) is 6.76. The van der Waals surface area contributed by atoms with Crippen LogP contribution in [-0.2, 0) is 12.0 Å². The Bertz CT molecular complexity index is 1040. The van der Waals surface area contributed by atoms with Gasteiger partial charge in [0.2, 0.25) is 5.69 Å². The maximum absolute atomic E-state index is 4.55. The first-order chi connectivity index (χ1) is 14.1. The molecule has 2 heterocycles. The summed E-state index contributed by atoms with van der Waals surface area (Å²) >= 11 is 0. The van der Waals surface area contributed by atoms with Crippen LogP contribution in [0.25, 0.3) is 28.0 Å². The molecular weight excluding hydrogens is 350 g/mol. The molecule has 3 aromatic rings. The lowest BCUT2D eigenvalue weighted by atomic mass is 9.75. The van der Waals surface area contributed by atoms with Gasteiger partial charge in [0, 0.05) is 30.5 Å². The Balaban J connectivity index is 1.87. The van der Waals surface area contributed by atoms with E-state index in [1.165, 1.54) is 51.9 Å². The Morgan fingerprint density at radius 2 is 1.55 bits per heavy atom. The predicted molar refractivity (Wildman–Crippen MR) is 124 cm³/mol. The molecule has 0 saturated heterocycles. The van der Waals surface area contributed by atoms with Crippen LogP contribution in [0, 0.1) is 0 Å². The number of rotatable bonds is 6. The number of fused-ring (bicyclic) bond motifs is 3. The average molecular weight is 383 g/mol. The minimum absolute atomic E-state index is 0.0504. The summed E-state index contributed by atoms with van der Waals surface area (Å²) < 4.78 is 2.47. The molecule has 1 aliphatic heterocycles. The van der Waals surface area contributed by atoms with Gasteiger partial charge in [-0.25, -0.2) is 0 Å². The highest BCUT2D eigenvalue weighted by Gasteiger charge is 2.46. The van der Waals surface area contributed by atoms with E-state index in [2.05, 4.69) is 98.8 Å². The molecule has 1 aromatic heterocycles. The van der Waals surface area contributed by atoms with E-state index in [1.54, 1.807) is 0 Å². The fraction of sp³-hybridized carbons (Fsp3) is 0.321.